The van der Waals surface area contributed by atoms with Crippen LogP contribution in [0.4, 0.5) is 5.69 Å². The molecule has 0 fully saturated rings. The topological polar surface area (TPSA) is 80.7 Å². The fraction of sp³-hybridized carbons (Fsp3) is 0.0909. The van der Waals surface area contributed by atoms with Gasteiger partial charge in [0.1, 0.15) is 5.69 Å². The number of nitrogens with one attached hydrogen (secondary N) is 1. The minimum Gasteiger partial charge on any atom is -0.438 e. The van der Waals surface area contributed by atoms with E-state index in [1.54, 1.807) is 6.20 Å². The molecule has 0 atom stereocenters. The highest BCUT2D eigenvalue weighted by Crippen LogP contribution is 2.29. The lowest BCUT2D eigenvalue weighted by molar-refractivity contribution is 0.616. The average Bonchev–Trinajstić information content (AvgIpc) is 2.90. The van der Waals surface area contributed by atoms with Gasteiger partial charge in [-0.25, -0.2) is 9.97 Å². The second kappa shape index (κ2) is 3.81. The van der Waals surface area contributed by atoms with E-state index in [9.17, 15) is 0 Å². The molecule has 3 aromatic heterocycles. The van der Waals surface area contributed by atoms with Crippen molar-refractivity contribution in [3.63, 3.8) is 0 Å². The number of nitrogens with zero attached hydrogens (tertiary/aromatic N) is 2. The first-order chi connectivity index (χ1) is 8.28. The van der Waals surface area contributed by atoms with Crippen LogP contribution in [0.1, 0.15) is 0 Å². The van der Waals surface area contributed by atoms with Crippen molar-refractivity contribution in [3.05, 3.63) is 24.5 Å². The number of fused-ring (bicyclic) bond motifs is 1. The lowest BCUT2D eigenvalue weighted by Crippen LogP contribution is -1.96. The van der Waals surface area contributed by atoms with Gasteiger partial charge in [-0.2, -0.15) is 0 Å². The molecule has 86 valence electrons. The van der Waals surface area contributed by atoms with Gasteiger partial charge < -0.3 is 15.1 Å². The molecule has 0 unspecified atom stereocenters. The van der Waals surface area contributed by atoms with E-state index in [-0.39, 0.29) is 0 Å². The van der Waals surface area contributed by atoms with Crippen molar-refractivity contribution in [3.8, 4) is 11.5 Å². The molecular formula is C11H10N4OS. The molecule has 0 saturated carbocycles. The monoisotopic (exact) mass is 246 g/mol. The summed E-state index contributed by atoms with van der Waals surface area (Å²) in [4.78, 5) is 11.5. The van der Waals surface area contributed by atoms with Crippen LogP contribution in [0.2, 0.25) is 0 Å². The summed E-state index contributed by atoms with van der Waals surface area (Å²) >= 11 is 1.47. The molecule has 0 spiro atoms. The van der Waals surface area contributed by atoms with Gasteiger partial charge in [0.15, 0.2) is 10.9 Å². The Labute approximate surface area is 101 Å². The van der Waals surface area contributed by atoms with Crippen molar-refractivity contribution < 1.29 is 4.42 Å². The first-order valence-electron chi connectivity index (χ1n) is 5.02. The van der Waals surface area contributed by atoms with Gasteiger partial charge in [-0.3, -0.25) is 0 Å². The van der Waals surface area contributed by atoms with Gasteiger partial charge in [-0.15, -0.1) is 0 Å². The number of nitrogen functional groups attached to an aromatic ring is 1. The maximum Gasteiger partial charge on any atom is 0.204 e. The number of furan rings is 1. The van der Waals surface area contributed by atoms with Crippen LogP contribution in [-0.4, -0.2) is 21.2 Å². The maximum atomic E-state index is 5.86. The Bertz CT molecular complexity index is 644. The summed E-state index contributed by atoms with van der Waals surface area (Å²) in [6.07, 6.45) is 5.35. The normalized spacial score (nSPS) is 11.1. The zero-order valence-electron chi connectivity index (χ0n) is 9.10. The average molecular weight is 246 g/mol. The third-order valence-corrected chi connectivity index (χ3v) is 3.01. The lowest BCUT2D eigenvalue weighted by Gasteiger charge is -2.02. The second-order valence-electron chi connectivity index (χ2n) is 3.53. The van der Waals surface area contributed by atoms with Gasteiger partial charge >= 0.3 is 0 Å². The highest BCUT2D eigenvalue weighted by atomic mass is 32.2. The van der Waals surface area contributed by atoms with Crippen molar-refractivity contribution in [1.29, 1.82) is 0 Å². The van der Waals surface area contributed by atoms with Crippen molar-refractivity contribution >= 4 is 28.5 Å². The Hall–Kier alpha value is -1.95. The number of aromatic nitrogens is 3. The van der Waals surface area contributed by atoms with Crippen LogP contribution in [0, 0.1) is 0 Å². The van der Waals surface area contributed by atoms with E-state index < -0.39 is 0 Å². The Morgan fingerprint density at radius 2 is 2.35 bits per heavy atom. The summed E-state index contributed by atoms with van der Waals surface area (Å²) < 4.78 is 5.64. The number of nitrogens with two attached hydrogens (primary N) is 1. The molecule has 17 heavy (non-hydrogen) atoms. The van der Waals surface area contributed by atoms with E-state index in [4.69, 9.17) is 10.2 Å². The predicted molar refractivity (Wildman–Crippen MR) is 67.8 cm³/mol. The number of rotatable bonds is 2. The van der Waals surface area contributed by atoms with Crippen LogP contribution in [-0.2, 0) is 0 Å². The molecule has 0 saturated heterocycles. The predicted octanol–water partition coefficient (Wildman–Crippen LogP) is 2.52. The Morgan fingerprint density at radius 1 is 1.47 bits per heavy atom. The molecule has 0 radical (unpaired) electrons. The Balaban J connectivity index is 2.17. The van der Waals surface area contributed by atoms with Gasteiger partial charge in [0.2, 0.25) is 5.71 Å². The van der Waals surface area contributed by atoms with Gasteiger partial charge in [0.25, 0.3) is 0 Å². The number of anilines is 1. The zero-order valence-corrected chi connectivity index (χ0v) is 9.91. The maximum absolute atomic E-state index is 5.86. The molecule has 3 heterocycles. The summed E-state index contributed by atoms with van der Waals surface area (Å²) in [5, 5.41) is 1.68. The van der Waals surface area contributed by atoms with E-state index in [1.165, 1.54) is 11.8 Å². The molecule has 3 N–H and O–H groups in total. The molecule has 0 aliphatic heterocycles. The van der Waals surface area contributed by atoms with Crippen LogP contribution in [0.5, 0.6) is 0 Å². The van der Waals surface area contributed by atoms with Gasteiger partial charge in [-0.1, -0.05) is 11.8 Å². The molecule has 0 aliphatic rings. The third-order valence-electron chi connectivity index (χ3n) is 2.45. The first kappa shape index (κ1) is 10.2. The van der Waals surface area contributed by atoms with E-state index in [0.29, 0.717) is 22.3 Å². The van der Waals surface area contributed by atoms with Crippen molar-refractivity contribution in [2.24, 2.45) is 0 Å². The number of H-pyrrole nitrogens is 1. The largest absolute Gasteiger partial charge is 0.438 e. The molecule has 5 nitrogen and oxygen atoms in total. The summed E-state index contributed by atoms with van der Waals surface area (Å²) in [5.41, 5.74) is 7.73. The second-order valence-corrected chi connectivity index (χ2v) is 4.31. The number of aromatic amines is 1. The fourth-order valence-electron chi connectivity index (χ4n) is 1.64. The van der Waals surface area contributed by atoms with Crippen LogP contribution in [0.25, 0.3) is 22.6 Å². The summed E-state index contributed by atoms with van der Waals surface area (Å²) in [6, 6.07) is 3.85. The van der Waals surface area contributed by atoms with E-state index in [0.717, 1.165) is 11.1 Å². The molecule has 0 amide bonds. The molecule has 3 rings (SSSR count). The number of hydrogen-bond acceptors (Lipinski definition) is 5. The number of thioether (sulfide) groups is 1. The van der Waals surface area contributed by atoms with Gasteiger partial charge in [-0.05, 0) is 18.4 Å². The highest BCUT2D eigenvalue weighted by Gasteiger charge is 2.12. The summed E-state index contributed by atoms with van der Waals surface area (Å²) in [5.74, 6) is 0.655. The van der Waals surface area contributed by atoms with Crippen LogP contribution in [0.3, 0.4) is 0 Å². The van der Waals surface area contributed by atoms with Gasteiger partial charge in [0, 0.05) is 11.6 Å². The lowest BCUT2D eigenvalue weighted by atomic mass is 10.2. The molecule has 0 aliphatic carbocycles. The SMILES string of the molecule is CSc1ncc(N)c(-c2cc3cc[nH]c3o2)n1. The third kappa shape index (κ3) is 1.66. The molecule has 6 heteroatoms. The highest BCUT2D eigenvalue weighted by molar-refractivity contribution is 7.98. The van der Waals surface area contributed by atoms with E-state index >= 15 is 0 Å². The van der Waals surface area contributed by atoms with E-state index in [2.05, 4.69) is 15.0 Å². The van der Waals surface area contributed by atoms with Crippen molar-refractivity contribution in [2.45, 2.75) is 5.16 Å². The molecule has 0 bridgehead atoms. The minimum atomic E-state index is 0.513. The van der Waals surface area contributed by atoms with Gasteiger partial charge in [0.05, 0.1) is 11.9 Å². The summed E-state index contributed by atoms with van der Waals surface area (Å²) in [7, 11) is 0. The Kier molecular flexibility index (Phi) is 2.29. The molecular weight excluding hydrogens is 236 g/mol. The first-order valence-corrected chi connectivity index (χ1v) is 6.24. The van der Waals surface area contributed by atoms with Crippen LogP contribution < -0.4 is 5.73 Å². The fourth-order valence-corrected chi connectivity index (χ4v) is 1.98. The Morgan fingerprint density at radius 3 is 3.12 bits per heavy atom. The zero-order chi connectivity index (χ0) is 11.8. The quantitative estimate of drug-likeness (QED) is 0.536. The summed E-state index contributed by atoms with van der Waals surface area (Å²) in [6.45, 7) is 0. The number of hydrogen-bond donors (Lipinski definition) is 2. The van der Waals surface area contributed by atoms with Crippen molar-refractivity contribution in [1.82, 2.24) is 15.0 Å². The van der Waals surface area contributed by atoms with Crippen molar-refractivity contribution in [2.75, 3.05) is 12.0 Å². The minimum absolute atomic E-state index is 0.513. The molecule has 3 aromatic rings. The molecule has 0 aromatic carbocycles. The van der Waals surface area contributed by atoms with Crippen LogP contribution >= 0.6 is 11.8 Å². The smallest absolute Gasteiger partial charge is 0.204 e. The van der Waals surface area contributed by atoms with Crippen LogP contribution in [0.15, 0.2) is 34.1 Å². The standard InChI is InChI=1S/C11H10N4OS/c1-17-11-14-5-7(12)9(15-11)8-4-6-2-3-13-10(6)16-8/h2-5,13H,12H2,1H3. The van der Waals surface area contributed by atoms with E-state index in [1.807, 2.05) is 24.6 Å².